The molecule has 32 heavy (non-hydrogen) atoms. The van der Waals surface area contributed by atoms with Crippen LogP contribution in [0.1, 0.15) is 46.2 Å². The Balaban J connectivity index is 1.82. The fraction of sp³-hybridized carbons (Fsp3) is 0.375. The first-order valence-electron chi connectivity index (χ1n) is 10.7. The Labute approximate surface area is 187 Å². The number of hydrogen-bond acceptors (Lipinski definition) is 6. The summed E-state index contributed by atoms with van der Waals surface area (Å²) in [7, 11) is 5.48. The van der Waals surface area contributed by atoms with Crippen LogP contribution >= 0.6 is 0 Å². The van der Waals surface area contributed by atoms with Gasteiger partial charge in [-0.1, -0.05) is 0 Å². The molecule has 3 aromatic rings. The van der Waals surface area contributed by atoms with E-state index < -0.39 is 0 Å². The van der Waals surface area contributed by atoms with Crippen LogP contribution in [0.4, 0.5) is 5.95 Å². The standard InChI is InChI=1S/C24H28N6O2/c1-15-13-16(2)29(5)22(31)20(15)23(32)30-12-6-7-19(30)21-18(17-8-10-25-11-9-17)14-26-24(27-21)28(3)4/h8-11,13-14,19H,6-7,12H2,1-5H3. The zero-order chi connectivity index (χ0) is 23.0. The fourth-order valence-electron chi connectivity index (χ4n) is 4.29. The Kier molecular flexibility index (Phi) is 5.78. The third-order valence-electron chi connectivity index (χ3n) is 6.11. The lowest BCUT2D eigenvalue weighted by atomic mass is 10.00. The van der Waals surface area contributed by atoms with Gasteiger partial charge in [-0.25, -0.2) is 9.97 Å². The van der Waals surface area contributed by atoms with Gasteiger partial charge in [0.1, 0.15) is 5.56 Å². The van der Waals surface area contributed by atoms with Crippen LogP contribution in [0.5, 0.6) is 0 Å². The summed E-state index contributed by atoms with van der Waals surface area (Å²) in [5.74, 6) is 0.343. The molecule has 166 valence electrons. The molecule has 4 heterocycles. The highest BCUT2D eigenvalue weighted by Crippen LogP contribution is 2.37. The van der Waals surface area contributed by atoms with E-state index in [4.69, 9.17) is 4.98 Å². The van der Waals surface area contributed by atoms with Crippen LogP contribution in [-0.2, 0) is 7.05 Å². The Hall–Kier alpha value is -3.55. The smallest absolute Gasteiger partial charge is 0.263 e. The number of carbonyl (C=O) groups excluding carboxylic acids is 1. The van der Waals surface area contributed by atoms with Gasteiger partial charge in [0.05, 0.1) is 11.7 Å². The molecule has 0 N–H and O–H groups in total. The van der Waals surface area contributed by atoms with Gasteiger partial charge in [0, 0.05) is 57.5 Å². The molecule has 1 atom stereocenters. The summed E-state index contributed by atoms with van der Waals surface area (Å²) in [5.41, 5.74) is 4.11. The SMILES string of the molecule is Cc1cc(C)n(C)c(=O)c1C(=O)N1CCCC1c1nc(N(C)C)ncc1-c1ccncc1. The Morgan fingerprint density at radius 2 is 1.91 bits per heavy atom. The van der Waals surface area contributed by atoms with Crippen molar-refractivity contribution in [3.05, 3.63) is 69.7 Å². The van der Waals surface area contributed by atoms with E-state index in [1.54, 1.807) is 24.3 Å². The minimum atomic E-state index is -0.260. The number of aromatic nitrogens is 4. The maximum Gasteiger partial charge on any atom is 0.263 e. The monoisotopic (exact) mass is 432 g/mol. The molecule has 1 fully saturated rings. The first-order chi connectivity index (χ1) is 15.3. The molecule has 0 spiro atoms. The third kappa shape index (κ3) is 3.77. The van der Waals surface area contributed by atoms with E-state index in [0.717, 1.165) is 35.4 Å². The highest BCUT2D eigenvalue weighted by molar-refractivity contribution is 5.96. The molecule has 1 aliphatic heterocycles. The molecule has 8 heteroatoms. The van der Waals surface area contributed by atoms with Crippen LogP contribution in [0.15, 0.2) is 41.6 Å². The second-order valence-corrected chi connectivity index (χ2v) is 8.46. The number of nitrogens with zero attached hydrogens (tertiary/aromatic N) is 6. The number of anilines is 1. The molecule has 3 aromatic heterocycles. The van der Waals surface area contributed by atoms with Crippen molar-refractivity contribution < 1.29 is 4.79 Å². The van der Waals surface area contributed by atoms with Gasteiger partial charge in [0.15, 0.2) is 0 Å². The summed E-state index contributed by atoms with van der Waals surface area (Å²) in [6.45, 7) is 4.27. The average molecular weight is 433 g/mol. The fourth-order valence-corrected chi connectivity index (χ4v) is 4.29. The average Bonchev–Trinajstić information content (AvgIpc) is 3.27. The van der Waals surface area contributed by atoms with Gasteiger partial charge in [-0.3, -0.25) is 14.6 Å². The molecular weight excluding hydrogens is 404 g/mol. The number of rotatable bonds is 4. The van der Waals surface area contributed by atoms with Crippen molar-refractivity contribution >= 4 is 11.9 Å². The molecule has 1 unspecified atom stereocenters. The molecule has 1 amide bonds. The summed E-state index contributed by atoms with van der Waals surface area (Å²) >= 11 is 0. The summed E-state index contributed by atoms with van der Waals surface area (Å²) in [6.07, 6.45) is 6.90. The van der Waals surface area contributed by atoms with E-state index in [9.17, 15) is 9.59 Å². The molecule has 8 nitrogen and oxygen atoms in total. The van der Waals surface area contributed by atoms with Gasteiger partial charge >= 0.3 is 0 Å². The zero-order valence-corrected chi connectivity index (χ0v) is 19.2. The van der Waals surface area contributed by atoms with Crippen LogP contribution in [0.3, 0.4) is 0 Å². The Bertz CT molecular complexity index is 1220. The van der Waals surface area contributed by atoms with Gasteiger partial charge < -0.3 is 14.4 Å². The van der Waals surface area contributed by atoms with Gasteiger partial charge in [0.25, 0.3) is 11.5 Å². The van der Waals surface area contributed by atoms with E-state index in [-0.39, 0.29) is 23.1 Å². The molecular formula is C24H28N6O2. The van der Waals surface area contributed by atoms with Crippen LogP contribution in [-0.4, -0.2) is 51.0 Å². The number of carbonyl (C=O) groups is 1. The van der Waals surface area contributed by atoms with Crippen molar-refractivity contribution in [2.24, 2.45) is 7.05 Å². The number of amides is 1. The second kappa shape index (κ2) is 8.53. The van der Waals surface area contributed by atoms with Crippen LogP contribution in [0.25, 0.3) is 11.1 Å². The topological polar surface area (TPSA) is 84.2 Å². The van der Waals surface area contributed by atoms with Crippen molar-refractivity contribution in [3.8, 4) is 11.1 Å². The number of pyridine rings is 2. The maximum absolute atomic E-state index is 13.7. The van der Waals surface area contributed by atoms with E-state index in [0.29, 0.717) is 18.1 Å². The first kappa shape index (κ1) is 21.7. The zero-order valence-electron chi connectivity index (χ0n) is 19.2. The maximum atomic E-state index is 13.7. The molecule has 0 aliphatic carbocycles. The van der Waals surface area contributed by atoms with Crippen LogP contribution in [0.2, 0.25) is 0 Å². The summed E-state index contributed by atoms with van der Waals surface area (Å²) in [6, 6.07) is 5.48. The molecule has 4 rings (SSSR count). The van der Waals surface area contributed by atoms with Crippen LogP contribution in [0, 0.1) is 13.8 Å². The van der Waals surface area contributed by atoms with Gasteiger partial charge in [-0.05, 0) is 56.0 Å². The minimum Gasteiger partial charge on any atom is -0.347 e. The lowest BCUT2D eigenvalue weighted by Crippen LogP contribution is -2.37. The predicted octanol–water partition coefficient (Wildman–Crippen LogP) is 2.90. The lowest BCUT2D eigenvalue weighted by Gasteiger charge is -2.27. The summed E-state index contributed by atoms with van der Waals surface area (Å²) in [5, 5.41) is 0. The molecule has 1 aliphatic rings. The van der Waals surface area contributed by atoms with Gasteiger partial charge in [-0.2, -0.15) is 0 Å². The first-order valence-corrected chi connectivity index (χ1v) is 10.7. The lowest BCUT2D eigenvalue weighted by molar-refractivity contribution is 0.0730. The van der Waals surface area contributed by atoms with Crippen molar-refractivity contribution in [2.45, 2.75) is 32.7 Å². The minimum absolute atomic E-state index is 0.234. The highest BCUT2D eigenvalue weighted by Gasteiger charge is 2.35. The molecule has 0 aromatic carbocycles. The highest BCUT2D eigenvalue weighted by atomic mass is 16.2. The van der Waals surface area contributed by atoms with Gasteiger partial charge in [0.2, 0.25) is 5.95 Å². The van der Waals surface area contributed by atoms with Crippen molar-refractivity contribution in [3.63, 3.8) is 0 Å². The molecule has 0 bridgehead atoms. The normalized spacial score (nSPS) is 15.8. The quantitative estimate of drug-likeness (QED) is 0.630. The second-order valence-electron chi connectivity index (χ2n) is 8.46. The van der Waals surface area contributed by atoms with Crippen molar-refractivity contribution in [1.82, 2.24) is 24.4 Å². The largest absolute Gasteiger partial charge is 0.347 e. The van der Waals surface area contributed by atoms with E-state index >= 15 is 0 Å². The number of hydrogen-bond donors (Lipinski definition) is 0. The van der Waals surface area contributed by atoms with E-state index in [1.807, 2.05) is 57.2 Å². The summed E-state index contributed by atoms with van der Waals surface area (Å²) < 4.78 is 1.53. The molecule has 0 radical (unpaired) electrons. The summed E-state index contributed by atoms with van der Waals surface area (Å²) in [4.78, 5) is 43.7. The van der Waals surface area contributed by atoms with Crippen LogP contribution < -0.4 is 10.5 Å². The number of aryl methyl sites for hydroxylation is 2. The van der Waals surface area contributed by atoms with E-state index in [1.165, 1.54) is 4.57 Å². The Morgan fingerprint density at radius 3 is 2.59 bits per heavy atom. The van der Waals surface area contributed by atoms with E-state index in [2.05, 4.69) is 9.97 Å². The Morgan fingerprint density at radius 1 is 1.19 bits per heavy atom. The number of likely N-dealkylation sites (tertiary alicyclic amines) is 1. The van der Waals surface area contributed by atoms with Crippen molar-refractivity contribution in [2.75, 3.05) is 25.5 Å². The third-order valence-corrected chi connectivity index (χ3v) is 6.11. The molecule has 1 saturated heterocycles. The predicted molar refractivity (Wildman–Crippen MR) is 124 cm³/mol. The molecule has 0 saturated carbocycles. The van der Waals surface area contributed by atoms with Crippen molar-refractivity contribution in [1.29, 1.82) is 0 Å². The van der Waals surface area contributed by atoms with Gasteiger partial charge in [-0.15, -0.1) is 0 Å².